The van der Waals surface area contributed by atoms with E-state index < -0.39 is 6.04 Å². The normalized spacial score (nSPS) is 15.1. The Morgan fingerprint density at radius 3 is 2.44 bits per heavy atom. The van der Waals surface area contributed by atoms with Crippen LogP contribution >= 0.6 is 11.6 Å². The summed E-state index contributed by atoms with van der Waals surface area (Å²) in [6.07, 6.45) is 5.51. The van der Waals surface area contributed by atoms with E-state index in [1.165, 1.54) is 6.42 Å². The average Bonchev–Trinajstić information content (AvgIpc) is 2.79. The Bertz CT molecular complexity index is 923. The molecule has 0 saturated heterocycles. The summed E-state index contributed by atoms with van der Waals surface area (Å²) in [5.41, 5.74) is 3.01. The number of carbonyl (C=O) groups excluding carboxylic acids is 2. The number of hydrogen-bond acceptors (Lipinski definition) is 3. The number of nitrogens with one attached hydrogen (secondary N) is 1. The highest BCUT2D eigenvalue weighted by Crippen LogP contribution is 2.22. The highest BCUT2D eigenvalue weighted by atomic mass is 35.5. The molecule has 0 bridgehead atoms. The van der Waals surface area contributed by atoms with Crippen LogP contribution < -0.4 is 10.1 Å². The number of carbonyl (C=O) groups is 2. The lowest BCUT2D eigenvalue weighted by Crippen LogP contribution is -2.51. The number of aryl methyl sites for hydroxylation is 2. The van der Waals surface area contributed by atoms with Crippen molar-refractivity contribution < 1.29 is 14.3 Å². The van der Waals surface area contributed by atoms with Gasteiger partial charge in [-0.15, -0.1) is 0 Å². The molecule has 1 fully saturated rings. The lowest BCUT2D eigenvalue weighted by atomic mass is 9.95. The van der Waals surface area contributed by atoms with Crippen LogP contribution in [0.3, 0.4) is 0 Å². The van der Waals surface area contributed by atoms with E-state index in [1.54, 1.807) is 30.0 Å². The predicted molar refractivity (Wildman–Crippen MR) is 128 cm³/mol. The third-order valence-corrected chi connectivity index (χ3v) is 6.51. The van der Waals surface area contributed by atoms with Crippen LogP contribution in [0.15, 0.2) is 42.5 Å². The lowest BCUT2D eigenvalue weighted by molar-refractivity contribution is -0.142. The average molecular weight is 457 g/mol. The molecule has 3 rings (SSSR count). The first-order valence-electron chi connectivity index (χ1n) is 11.4. The van der Waals surface area contributed by atoms with E-state index in [1.807, 2.05) is 38.1 Å². The van der Waals surface area contributed by atoms with Crippen molar-refractivity contribution in [1.82, 2.24) is 10.2 Å². The molecule has 1 saturated carbocycles. The SMILES string of the molecule is Cc1ccc(CN(C(=O)COc2ccc(Cl)c(C)c2)[C@@H](C)C(=O)NC2CCCCC2)cc1. The van der Waals surface area contributed by atoms with Crippen LogP contribution in [-0.2, 0) is 16.1 Å². The highest BCUT2D eigenvalue weighted by Gasteiger charge is 2.28. The Morgan fingerprint density at radius 2 is 1.78 bits per heavy atom. The van der Waals surface area contributed by atoms with Gasteiger partial charge in [0.2, 0.25) is 5.91 Å². The van der Waals surface area contributed by atoms with Gasteiger partial charge in [-0.2, -0.15) is 0 Å². The molecule has 0 aliphatic heterocycles. The van der Waals surface area contributed by atoms with Crippen LogP contribution in [0.25, 0.3) is 0 Å². The monoisotopic (exact) mass is 456 g/mol. The van der Waals surface area contributed by atoms with Crippen molar-refractivity contribution in [2.45, 2.75) is 71.5 Å². The molecule has 1 aliphatic rings. The van der Waals surface area contributed by atoms with Gasteiger partial charge in [-0.3, -0.25) is 9.59 Å². The molecule has 6 heteroatoms. The summed E-state index contributed by atoms with van der Waals surface area (Å²) in [5.74, 6) is 0.235. The van der Waals surface area contributed by atoms with Gasteiger partial charge in [0, 0.05) is 17.6 Å². The van der Waals surface area contributed by atoms with Crippen molar-refractivity contribution in [2.24, 2.45) is 0 Å². The van der Waals surface area contributed by atoms with E-state index in [-0.39, 0.29) is 24.5 Å². The van der Waals surface area contributed by atoms with Gasteiger partial charge in [-0.1, -0.05) is 60.7 Å². The number of ether oxygens (including phenoxy) is 1. The van der Waals surface area contributed by atoms with Crippen LogP contribution in [0, 0.1) is 13.8 Å². The zero-order valence-corrected chi connectivity index (χ0v) is 20.0. The molecule has 0 aromatic heterocycles. The van der Waals surface area contributed by atoms with Crippen molar-refractivity contribution in [3.63, 3.8) is 0 Å². The minimum atomic E-state index is -0.596. The number of hydrogen-bond donors (Lipinski definition) is 1. The maximum Gasteiger partial charge on any atom is 0.261 e. The summed E-state index contributed by atoms with van der Waals surface area (Å²) < 4.78 is 5.74. The Hall–Kier alpha value is -2.53. The molecule has 5 nitrogen and oxygen atoms in total. The number of amides is 2. The molecule has 1 N–H and O–H groups in total. The second kappa shape index (κ2) is 11.4. The minimum Gasteiger partial charge on any atom is -0.484 e. The zero-order chi connectivity index (χ0) is 23.1. The fraction of sp³-hybridized carbons (Fsp3) is 0.462. The molecule has 2 amide bonds. The minimum absolute atomic E-state index is 0.111. The Balaban J connectivity index is 1.70. The number of halogens is 1. The summed E-state index contributed by atoms with van der Waals surface area (Å²) in [4.78, 5) is 27.8. The fourth-order valence-electron chi connectivity index (χ4n) is 3.98. The molecular weight excluding hydrogens is 424 g/mol. The zero-order valence-electron chi connectivity index (χ0n) is 19.2. The largest absolute Gasteiger partial charge is 0.484 e. The van der Waals surface area contributed by atoms with E-state index in [4.69, 9.17) is 16.3 Å². The Labute approximate surface area is 196 Å². The maximum atomic E-state index is 13.2. The van der Waals surface area contributed by atoms with Gasteiger partial charge in [0.15, 0.2) is 6.61 Å². The second-order valence-corrected chi connectivity index (χ2v) is 9.13. The maximum absolute atomic E-state index is 13.2. The number of nitrogens with zero attached hydrogens (tertiary/aromatic N) is 1. The van der Waals surface area contributed by atoms with E-state index in [0.717, 1.165) is 42.4 Å². The molecule has 2 aromatic carbocycles. The topological polar surface area (TPSA) is 58.6 Å². The third kappa shape index (κ3) is 6.73. The smallest absolute Gasteiger partial charge is 0.261 e. The molecule has 1 aliphatic carbocycles. The summed E-state index contributed by atoms with van der Waals surface area (Å²) in [7, 11) is 0. The molecule has 1 atom stereocenters. The van der Waals surface area contributed by atoms with Crippen molar-refractivity contribution in [3.8, 4) is 5.75 Å². The molecule has 0 spiro atoms. The summed E-state index contributed by atoms with van der Waals surface area (Å²) in [6.45, 7) is 5.90. The highest BCUT2D eigenvalue weighted by molar-refractivity contribution is 6.31. The Morgan fingerprint density at radius 1 is 1.09 bits per heavy atom. The predicted octanol–water partition coefficient (Wildman–Crippen LogP) is 5.20. The van der Waals surface area contributed by atoms with Gasteiger partial charge in [-0.25, -0.2) is 0 Å². The van der Waals surface area contributed by atoms with Gasteiger partial charge in [0.05, 0.1) is 0 Å². The number of rotatable bonds is 8. The quantitative estimate of drug-likeness (QED) is 0.593. The lowest BCUT2D eigenvalue weighted by Gasteiger charge is -2.31. The van der Waals surface area contributed by atoms with E-state index in [2.05, 4.69) is 5.32 Å². The van der Waals surface area contributed by atoms with Crippen LogP contribution in [0.4, 0.5) is 0 Å². The van der Waals surface area contributed by atoms with Crippen LogP contribution in [0.5, 0.6) is 5.75 Å². The summed E-state index contributed by atoms with van der Waals surface area (Å²) in [5, 5.41) is 3.80. The molecule has 0 radical (unpaired) electrons. The second-order valence-electron chi connectivity index (χ2n) is 8.73. The third-order valence-electron chi connectivity index (χ3n) is 6.08. The Kier molecular flexibility index (Phi) is 8.57. The van der Waals surface area contributed by atoms with Crippen LogP contribution in [0.1, 0.15) is 55.7 Å². The van der Waals surface area contributed by atoms with E-state index >= 15 is 0 Å². The summed E-state index contributed by atoms with van der Waals surface area (Å²) in [6, 6.07) is 12.9. The van der Waals surface area contributed by atoms with Crippen molar-refractivity contribution in [2.75, 3.05) is 6.61 Å². The van der Waals surface area contributed by atoms with Crippen molar-refractivity contribution in [1.29, 1.82) is 0 Å². The van der Waals surface area contributed by atoms with Crippen molar-refractivity contribution in [3.05, 3.63) is 64.2 Å². The molecule has 32 heavy (non-hydrogen) atoms. The fourth-order valence-corrected chi connectivity index (χ4v) is 4.09. The standard InChI is InChI=1S/C26H33ClN2O3/c1-18-9-11-21(12-10-18)16-29(20(3)26(31)28-22-7-5-4-6-8-22)25(30)17-32-23-13-14-24(27)19(2)15-23/h9-15,20,22H,4-8,16-17H2,1-3H3,(H,28,31)/t20-/m0/s1. The van der Waals surface area contributed by atoms with E-state index in [9.17, 15) is 9.59 Å². The molecule has 0 heterocycles. The van der Waals surface area contributed by atoms with Gasteiger partial charge in [0.1, 0.15) is 11.8 Å². The first kappa shape index (κ1) is 24.1. The first-order valence-corrected chi connectivity index (χ1v) is 11.8. The summed E-state index contributed by atoms with van der Waals surface area (Å²) >= 11 is 6.08. The van der Waals surface area contributed by atoms with Gasteiger partial charge < -0.3 is 15.0 Å². The van der Waals surface area contributed by atoms with Crippen LogP contribution in [0.2, 0.25) is 5.02 Å². The molecule has 172 valence electrons. The van der Waals surface area contributed by atoms with Gasteiger partial charge in [-0.05, 0) is 62.9 Å². The van der Waals surface area contributed by atoms with Crippen molar-refractivity contribution >= 4 is 23.4 Å². The van der Waals surface area contributed by atoms with E-state index in [0.29, 0.717) is 17.3 Å². The van der Waals surface area contributed by atoms with Crippen LogP contribution in [-0.4, -0.2) is 35.4 Å². The molecule has 0 unspecified atom stereocenters. The van der Waals surface area contributed by atoms with Gasteiger partial charge in [0.25, 0.3) is 5.91 Å². The number of benzene rings is 2. The molecular formula is C26H33ClN2O3. The molecule has 2 aromatic rings. The first-order chi connectivity index (χ1) is 15.3. The van der Waals surface area contributed by atoms with Gasteiger partial charge >= 0.3 is 0 Å².